The average Bonchev–Trinajstić information content (AvgIpc) is 3.20. The van der Waals surface area contributed by atoms with Gasteiger partial charge in [0.25, 0.3) is 11.1 Å². The molecule has 4 rings (SSSR count). The largest absolute Gasteiger partial charge is 0.456 e. The number of esters is 1. The number of aromatic amines is 1. The fourth-order valence-corrected chi connectivity index (χ4v) is 4.14. The van der Waals surface area contributed by atoms with Crippen molar-refractivity contribution in [1.29, 1.82) is 0 Å². The summed E-state index contributed by atoms with van der Waals surface area (Å²) in [6, 6.07) is 7.08. The molecule has 35 heavy (non-hydrogen) atoms. The number of fused-ring (bicyclic) bond motifs is 2. The van der Waals surface area contributed by atoms with E-state index in [1.807, 2.05) is 26.0 Å². The SMILES string of the molecule is CCCCn1c(=O)[nH]c(=O)c2c1nc(COC(=O)Cn1nc(C)c3ccccc3c1=O)n2CCC. The molecule has 0 unspecified atom stereocenters. The van der Waals surface area contributed by atoms with Gasteiger partial charge in [0.15, 0.2) is 11.2 Å². The van der Waals surface area contributed by atoms with Crippen LogP contribution in [0.1, 0.15) is 44.6 Å². The van der Waals surface area contributed by atoms with E-state index >= 15 is 0 Å². The van der Waals surface area contributed by atoms with E-state index in [0.29, 0.717) is 36.4 Å². The fourth-order valence-electron chi connectivity index (χ4n) is 4.14. The fraction of sp³-hybridized carbons (Fsp3) is 0.417. The molecule has 0 aliphatic carbocycles. The average molecular weight is 481 g/mol. The molecule has 11 heteroatoms. The zero-order valence-electron chi connectivity index (χ0n) is 20.0. The molecule has 0 saturated heterocycles. The highest BCUT2D eigenvalue weighted by Gasteiger charge is 2.20. The second kappa shape index (κ2) is 10.1. The van der Waals surface area contributed by atoms with Gasteiger partial charge in [-0.25, -0.2) is 14.5 Å². The van der Waals surface area contributed by atoms with Crippen molar-refractivity contribution in [1.82, 2.24) is 28.9 Å². The Hall–Kier alpha value is -4.02. The molecule has 1 N–H and O–H groups in total. The number of carbonyl (C=O) groups excluding carboxylic acids is 1. The van der Waals surface area contributed by atoms with Crippen molar-refractivity contribution in [3.63, 3.8) is 0 Å². The summed E-state index contributed by atoms with van der Waals surface area (Å²) in [4.78, 5) is 57.2. The van der Waals surface area contributed by atoms with E-state index in [9.17, 15) is 19.2 Å². The molecule has 0 amide bonds. The highest BCUT2D eigenvalue weighted by atomic mass is 16.5. The van der Waals surface area contributed by atoms with Gasteiger partial charge in [0.05, 0.1) is 11.1 Å². The molecule has 0 saturated carbocycles. The van der Waals surface area contributed by atoms with Gasteiger partial charge in [0.2, 0.25) is 0 Å². The van der Waals surface area contributed by atoms with E-state index in [2.05, 4.69) is 15.1 Å². The first-order valence-corrected chi connectivity index (χ1v) is 11.7. The molecule has 184 valence electrons. The van der Waals surface area contributed by atoms with Gasteiger partial charge in [-0.2, -0.15) is 5.10 Å². The van der Waals surface area contributed by atoms with Gasteiger partial charge in [-0.1, -0.05) is 38.5 Å². The first-order chi connectivity index (χ1) is 16.8. The summed E-state index contributed by atoms with van der Waals surface area (Å²) in [5.74, 6) is -0.312. The lowest BCUT2D eigenvalue weighted by Crippen LogP contribution is -2.31. The van der Waals surface area contributed by atoms with E-state index in [-0.39, 0.29) is 29.9 Å². The first-order valence-electron chi connectivity index (χ1n) is 11.7. The van der Waals surface area contributed by atoms with Gasteiger partial charge in [-0.3, -0.25) is 23.9 Å². The summed E-state index contributed by atoms with van der Waals surface area (Å²) in [5.41, 5.74) is -0.252. The maximum Gasteiger partial charge on any atom is 0.330 e. The first kappa shape index (κ1) is 24.1. The van der Waals surface area contributed by atoms with Crippen LogP contribution in [-0.4, -0.2) is 34.9 Å². The number of H-pyrrole nitrogens is 1. The third-order valence-corrected chi connectivity index (χ3v) is 5.84. The Kier molecular flexibility index (Phi) is 6.94. The molecule has 1 aromatic carbocycles. The van der Waals surface area contributed by atoms with Crippen molar-refractivity contribution in [2.75, 3.05) is 0 Å². The lowest BCUT2D eigenvalue weighted by atomic mass is 10.1. The van der Waals surface area contributed by atoms with Crippen molar-refractivity contribution in [3.8, 4) is 0 Å². The van der Waals surface area contributed by atoms with E-state index in [1.54, 1.807) is 23.6 Å². The van der Waals surface area contributed by atoms with E-state index in [1.165, 1.54) is 4.57 Å². The number of hydrogen-bond acceptors (Lipinski definition) is 7. The highest BCUT2D eigenvalue weighted by Crippen LogP contribution is 2.15. The Morgan fingerprint density at radius 2 is 1.77 bits per heavy atom. The number of unbranched alkanes of at least 4 members (excludes halogenated alkanes) is 1. The summed E-state index contributed by atoms with van der Waals surface area (Å²) < 4.78 is 9.63. The van der Waals surface area contributed by atoms with Gasteiger partial charge >= 0.3 is 11.7 Å². The van der Waals surface area contributed by atoms with E-state index < -0.39 is 17.2 Å². The van der Waals surface area contributed by atoms with Crippen LogP contribution in [0.2, 0.25) is 0 Å². The van der Waals surface area contributed by atoms with Gasteiger partial charge < -0.3 is 9.30 Å². The molecule has 3 heterocycles. The molecule has 0 aliphatic heterocycles. The van der Waals surface area contributed by atoms with Crippen molar-refractivity contribution >= 4 is 27.9 Å². The summed E-state index contributed by atoms with van der Waals surface area (Å²) in [7, 11) is 0. The van der Waals surface area contributed by atoms with Crippen LogP contribution >= 0.6 is 0 Å². The third-order valence-electron chi connectivity index (χ3n) is 5.84. The van der Waals surface area contributed by atoms with E-state index in [0.717, 1.165) is 22.9 Å². The van der Waals surface area contributed by atoms with Crippen LogP contribution in [0.5, 0.6) is 0 Å². The minimum atomic E-state index is -0.665. The Morgan fingerprint density at radius 3 is 2.49 bits per heavy atom. The number of nitrogens with one attached hydrogen (secondary N) is 1. The minimum absolute atomic E-state index is 0.212. The maximum atomic E-state index is 12.7. The molecule has 0 atom stereocenters. The third kappa shape index (κ3) is 4.66. The zero-order valence-corrected chi connectivity index (χ0v) is 20.0. The van der Waals surface area contributed by atoms with Crippen molar-refractivity contribution < 1.29 is 9.53 Å². The van der Waals surface area contributed by atoms with Crippen LogP contribution in [0.3, 0.4) is 0 Å². The number of ether oxygens (including phenoxy) is 1. The molecule has 0 spiro atoms. The Bertz CT molecular complexity index is 1580. The summed E-state index contributed by atoms with van der Waals surface area (Å²) in [6.45, 7) is 6.03. The predicted octanol–water partition coefficient (Wildman–Crippen LogP) is 1.86. The Labute approximate surface area is 200 Å². The maximum absolute atomic E-state index is 12.7. The molecule has 4 aromatic rings. The number of aromatic nitrogens is 6. The van der Waals surface area contributed by atoms with Crippen LogP contribution < -0.4 is 16.8 Å². The summed E-state index contributed by atoms with van der Waals surface area (Å²) in [6.07, 6.45) is 2.32. The lowest BCUT2D eigenvalue weighted by Gasteiger charge is -2.10. The second-order valence-electron chi connectivity index (χ2n) is 8.37. The van der Waals surface area contributed by atoms with Gasteiger partial charge in [0.1, 0.15) is 19.0 Å². The molecule has 0 fully saturated rings. The lowest BCUT2D eigenvalue weighted by molar-refractivity contribution is -0.146. The van der Waals surface area contributed by atoms with Crippen LogP contribution in [0.25, 0.3) is 21.9 Å². The number of benzene rings is 1. The quantitative estimate of drug-likeness (QED) is 0.361. The van der Waals surface area contributed by atoms with Gasteiger partial charge in [0, 0.05) is 18.5 Å². The second-order valence-corrected chi connectivity index (χ2v) is 8.37. The molecule has 3 aromatic heterocycles. The molecule has 0 aliphatic rings. The summed E-state index contributed by atoms with van der Waals surface area (Å²) >= 11 is 0. The minimum Gasteiger partial charge on any atom is -0.456 e. The normalized spacial score (nSPS) is 11.4. The molecule has 0 radical (unpaired) electrons. The number of hydrogen-bond donors (Lipinski definition) is 1. The van der Waals surface area contributed by atoms with Crippen LogP contribution in [0, 0.1) is 6.92 Å². The molecular weight excluding hydrogens is 452 g/mol. The van der Waals surface area contributed by atoms with Crippen molar-refractivity contribution in [2.24, 2.45) is 0 Å². The van der Waals surface area contributed by atoms with Crippen molar-refractivity contribution in [3.05, 3.63) is 67.0 Å². The Morgan fingerprint density at radius 1 is 1.03 bits per heavy atom. The summed E-state index contributed by atoms with van der Waals surface area (Å²) in [5, 5.41) is 5.44. The van der Waals surface area contributed by atoms with Crippen LogP contribution in [0.4, 0.5) is 0 Å². The zero-order chi connectivity index (χ0) is 25.1. The highest BCUT2D eigenvalue weighted by molar-refractivity contribution is 5.83. The monoisotopic (exact) mass is 480 g/mol. The number of nitrogens with zero attached hydrogens (tertiary/aromatic N) is 5. The molecule has 11 nitrogen and oxygen atoms in total. The Balaban J connectivity index is 1.62. The number of aryl methyl sites for hydroxylation is 3. The standard InChI is InChI=1S/C24H28N6O5/c1-4-6-12-29-21-20(22(32)26-24(29)34)28(11-5-2)18(25-21)14-35-19(31)13-30-23(33)17-10-8-7-9-16(17)15(3)27-30/h7-10H,4-6,11-14H2,1-3H3,(H,26,32,34). The van der Waals surface area contributed by atoms with Crippen molar-refractivity contribution in [2.45, 2.75) is 66.3 Å². The van der Waals surface area contributed by atoms with Crippen LogP contribution in [0.15, 0.2) is 38.6 Å². The number of carbonyl (C=O) groups is 1. The number of imidazole rings is 1. The van der Waals surface area contributed by atoms with Crippen LogP contribution in [-0.2, 0) is 35.8 Å². The predicted molar refractivity (Wildman–Crippen MR) is 130 cm³/mol. The van der Waals surface area contributed by atoms with E-state index in [4.69, 9.17) is 4.74 Å². The molecule has 0 bridgehead atoms. The van der Waals surface area contributed by atoms with Gasteiger partial charge in [-0.15, -0.1) is 0 Å². The molecular formula is C24H28N6O5. The smallest absolute Gasteiger partial charge is 0.330 e. The van der Waals surface area contributed by atoms with Gasteiger partial charge in [-0.05, 0) is 25.8 Å². The topological polar surface area (TPSA) is 134 Å². The number of rotatable bonds is 9.